The normalized spacial score (nSPS) is 14.6. The highest BCUT2D eigenvalue weighted by Gasteiger charge is 2.19. The second-order valence-electron chi connectivity index (χ2n) is 7.00. The summed E-state index contributed by atoms with van der Waals surface area (Å²) in [4.78, 5) is 13.5. The number of pyridine rings is 1. The number of benzene rings is 1. The van der Waals surface area contributed by atoms with Gasteiger partial charge in [0.25, 0.3) is 0 Å². The molecule has 156 valence electrons. The molecule has 2 aromatic rings. The molecule has 0 saturated carbocycles. The van der Waals surface area contributed by atoms with Crippen molar-refractivity contribution in [1.29, 1.82) is 0 Å². The summed E-state index contributed by atoms with van der Waals surface area (Å²) in [5, 5.41) is 6.85. The first-order valence-corrected chi connectivity index (χ1v) is 10.3. The molecule has 1 aliphatic rings. The number of methoxy groups -OCH3 is 1. The number of unbranched alkanes of at least 4 members (excludes halogenated alkanes) is 1. The van der Waals surface area contributed by atoms with Gasteiger partial charge in [-0.15, -0.1) is 0 Å². The largest absolute Gasteiger partial charge is 0.497 e. The van der Waals surface area contributed by atoms with Crippen LogP contribution in [0.15, 0.2) is 53.7 Å². The topological polar surface area (TPSA) is 65.0 Å². The van der Waals surface area contributed by atoms with E-state index >= 15 is 0 Å². The molecule has 0 spiro atoms. The molecule has 0 bridgehead atoms. The number of anilines is 2. The molecule has 1 aromatic carbocycles. The first-order chi connectivity index (χ1) is 14.3. The van der Waals surface area contributed by atoms with Gasteiger partial charge < -0.3 is 25.2 Å². The lowest BCUT2D eigenvalue weighted by atomic mass is 10.2. The minimum atomic E-state index is 0.903. The number of piperazine rings is 1. The number of hydrogen-bond donors (Lipinski definition) is 2. The molecule has 1 aliphatic heterocycles. The Bertz CT molecular complexity index is 759. The summed E-state index contributed by atoms with van der Waals surface area (Å²) in [6.45, 7) is 5.71. The molecule has 0 unspecified atom stereocenters. The summed E-state index contributed by atoms with van der Waals surface area (Å²) in [5.41, 5.74) is 1.22. The summed E-state index contributed by atoms with van der Waals surface area (Å²) in [5.74, 6) is 2.83. The predicted molar refractivity (Wildman–Crippen MR) is 120 cm³/mol. The molecule has 0 aliphatic carbocycles. The van der Waals surface area contributed by atoms with Crippen LogP contribution in [0, 0.1) is 0 Å². The number of aromatic nitrogens is 1. The lowest BCUT2D eigenvalue weighted by molar-refractivity contribution is 0.371. The zero-order valence-electron chi connectivity index (χ0n) is 17.5. The Kier molecular flexibility index (Phi) is 7.98. The van der Waals surface area contributed by atoms with Crippen molar-refractivity contribution in [3.05, 3.63) is 48.7 Å². The van der Waals surface area contributed by atoms with Gasteiger partial charge in [0.1, 0.15) is 11.6 Å². The van der Waals surface area contributed by atoms with Gasteiger partial charge >= 0.3 is 0 Å². The summed E-state index contributed by atoms with van der Waals surface area (Å²) in [6, 6.07) is 14.2. The van der Waals surface area contributed by atoms with E-state index in [1.807, 2.05) is 43.6 Å². The number of guanidine groups is 1. The van der Waals surface area contributed by atoms with E-state index in [1.165, 1.54) is 5.69 Å². The van der Waals surface area contributed by atoms with E-state index < -0.39 is 0 Å². The molecular formula is C22H32N6O. The summed E-state index contributed by atoms with van der Waals surface area (Å²) in [7, 11) is 3.57. The molecular weight excluding hydrogens is 364 g/mol. The maximum absolute atomic E-state index is 5.35. The van der Waals surface area contributed by atoms with E-state index in [2.05, 4.69) is 42.5 Å². The molecule has 29 heavy (non-hydrogen) atoms. The minimum absolute atomic E-state index is 0.903. The number of aliphatic imine (C=N–C) groups is 1. The van der Waals surface area contributed by atoms with E-state index in [1.54, 1.807) is 7.11 Å². The SMILES string of the molecule is CN=C(NCCCCNc1ccccn1)N1CCN(c2cccc(OC)c2)CC1. The van der Waals surface area contributed by atoms with Crippen LogP contribution in [0.3, 0.4) is 0 Å². The minimum Gasteiger partial charge on any atom is -0.497 e. The van der Waals surface area contributed by atoms with Crippen LogP contribution in [0.1, 0.15) is 12.8 Å². The molecule has 7 heteroatoms. The third-order valence-electron chi connectivity index (χ3n) is 5.07. The standard InChI is InChI=1S/C22H32N6O/c1-23-22(26-13-6-5-12-25-21-10-3-4-11-24-21)28-16-14-27(15-17-28)19-8-7-9-20(18-19)29-2/h3-4,7-11,18H,5-6,12-17H2,1-2H3,(H,23,26)(H,24,25). The highest BCUT2D eigenvalue weighted by molar-refractivity contribution is 5.80. The van der Waals surface area contributed by atoms with Crippen molar-refractivity contribution in [3.63, 3.8) is 0 Å². The zero-order valence-corrected chi connectivity index (χ0v) is 17.5. The van der Waals surface area contributed by atoms with Crippen LogP contribution in [-0.2, 0) is 0 Å². The fourth-order valence-electron chi connectivity index (χ4n) is 3.45. The van der Waals surface area contributed by atoms with Crippen LogP contribution < -0.4 is 20.3 Å². The van der Waals surface area contributed by atoms with Gasteiger partial charge in [-0.2, -0.15) is 0 Å². The molecule has 1 saturated heterocycles. The van der Waals surface area contributed by atoms with Crippen LogP contribution in [0.2, 0.25) is 0 Å². The monoisotopic (exact) mass is 396 g/mol. The van der Waals surface area contributed by atoms with Gasteiger partial charge in [0.15, 0.2) is 5.96 Å². The number of rotatable bonds is 8. The van der Waals surface area contributed by atoms with Crippen molar-refractivity contribution < 1.29 is 4.74 Å². The highest BCUT2D eigenvalue weighted by Crippen LogP contribution is 2.22. The Morgan fingerprint density at radius 3 is 2.62 bits per heavy atom. The first kappa shape index (κ1) is 20.8. The average molecular weight is 397 g/mol. The Balaban J connectivity index is 1.35. The molecule has 1 fully saturated rings. The van der Waals surface area contributed by atoms with Gasteiger partial charge in [-0.05, 0) is 37.1 Å². The summed E-state index contributed by atoms with van der Waals surface area (Å²) < 4.78 is 5.35. The van der Waals surface area contributed by atoms with Gasteiger partial charge in [-0.3, -0.25) is 4.99 Å². The Hall–Kier alpha value is -2.96. The molecule has 0 amide bonds. The number of ether oxygens (including phenoxy) is 1. The van der Waals surface area contributed by atoms with Crippen LogP contribution in [0.5, 0.6) is 5.75 Å². The number of nitrogens with zero attached hydrogens (tertiary/aromatic N) is 4. The average Bonchev–Trinajstić information content (AvgIpc) is 2.79. The molecule has 0 atom stereocenters. The van der Waals surface area contributed by atoms with Crippen molar-refractivity contribution in [2.45, 2.75) is 12.8 Å². The Labute approximate surface area is 173 Å². The smallest absolute Gasteiger partial charge is 0.193 e. The van der Waals surface area contributed by atoms with Gasteiger partial charge in [0.05, 0.1) is 7.11 Å². The Morgan fingerprint density at radius 1 is 1.07 bits per heavy atom. The molecule has 2 heterocycles. The van der Waals surface area contributed by atoms with Gasteiger partial charge in [0, 0.05) is 64.3 Å². The predicted octanol–water partition coefficient (Wildman–Crippen LogP) is 2.68. The van der Waals surface area contributed by atoms with Crippen LogP contribution in [0.4, 0.5) is 11.5 Å². The summed E-state index contributed by atoms with van der Waals surface area (Å²) in [6.07, 6.45) is 3.98. The van der Waals surface area contributed by atoms with Gasteiger partial charge in [0.2, 0.25) is 0 Å². The fraction of sp³-hybridized carbons (Fsp3) is 0.455. The van der Waals surface area contributed by atoms with Crippen LogP contribution >= 0.6 is 0 Å². The van der Waals surface area contributed by atoms with E-state index in [-0.39, 0.29) is 0 Å². The third kappa shape index (κ3) is 6.27. The lowest BCUT2D eigenvalue weighted by Crippen LogP contribution is -2.52. The molecule has 2 N–H and O–H groups in total. The lowest BCUT2D eigenvalue weighted by Gasteiger charge is -2.37. The van der Waals surface area contributed by atoms with E-state index in [9.17, 15) is 0 Å². The third-order valence-corrected chi connectivity index (χ3v) is 5.07. The van der Waals surface area contributed by atoms with Crippen molar-refractivity contribution in [2.24, 2.45) is 4.99 Å². The van der Waals surface area contributed by atoms with Crippen molar-refractivity contribution >= 4 is 17.5 Å². The molecule has 0 radical (unpaired) electrons. The first-order valence-electron chi connectivity index (χ1n) is 10.3. The highest BCUT2D eigenvalue weighted by atomic mass is 16.5. The molecule has 1 aromatic heterocycles. The van der Waals surface area contributed by atoms with Crippen molar-refractivity contribution in [2.75, 3.05) is 63.6 Å². The number of hydrogen-bond acceptors (Lipinski definition) is 5. The van der Waals surface area contributed by atoms with Gasteiger partial charge in [-0.25, -0.2) is 4.98 Å². The Morgan fingerprint density at radius 2 is 1.90 bits per heavy atom. The molecule has 3 rings (SSSR count). The van der Waals surface area contributed by atoms with Crippen LogP contribution in [-0.4, -0.2) is 69.3 Å². The maximum atomic E-state index is 5.35. The molecule has 7 nitrogen and oxygen atoms in total. The van der Waals surface area contributed by atoms with E-state index in [0.29, 0.717) is 0 Å². The number of nitrogens with one attached hydrogen (secondary N) is 2. The van der Waals surface area contributed by atoms with Gasteiger partial charge in [-0.1, -0.05) is 12.1 Å². The second kappa shape index (κ2) is 11.1. The van der Waals surface area contributed by atoms with E-state index in [4.69, 9.17) is 4.74 Å². The second-order valence-corrected chi connectivity index (χ2v) is 7.00. The van der Waals surface area contributed by atoms with E-state index in [0.717, 1.165) is 69.6 Å². The van der Waals surface area contributed by atoms with Crippen LogP contribution in [0.25, 0.3) is 0 Å². The van der Waals surface area contributed by atoms with Crippen molar-refractivity contribution in [3.8, 4) is 5.75 Å². The van der Waals surface area contributed by atoms with Crippen molar-refractivity contribution in [1.82, 2.24) is 15.2 Å². The quantitative estimate of drug-likeness (QED) is 0.406. The fourth-order valence-corrected chi connectivity index (χ4v) is 3.45. The summed E-state index contributed by atoms with van der Waals surface area (Å²) >= 11 is 0. The zero-order chi connectivity index (χ0) is 20.3. The maximum Gasteiger partial charge on any atom is 0.193 e.